The first-order valence-electron chi connectivity index (χ1n) is 10.3. The Morgan fingerprint density at radius 3 is 2.42 bits per heavy atom. The molecule has 5 nitrogen and oxygen atoms in total. The minimum Gasteiger partial charge on any atom is -0.393 e. The summed E-state index contributed by atoms with van der Waals surface area (Å²) in [4.78, 5) is 13.0. The third kappa shape index (κ3) is 2.15. The maximum Gasteiger partial charge on any atom is 0.136 e. The van der Waals surface area contributed by atoms with Crippen molar-refractivity contribution in [2.75, 3.05) is 0 Å². The van der Waals surface area contributed by atoms with Gasteiger partial charge in [-0.15, -0.1) is 0 Å². The van der Waals surface area contributed by atoms with Gasteiger partial charge in [0.2, 0.25) is 0 Å². The third-order valence-corrected chi connectivity index (χ3v) is 9.36. The predicted octanol–water partition coefficient (Wildman–Crippen LogP) is 1.65. The Hall–Kier alpha value is -0.490. The van der Waals surface area contributed by atoms with Crippen molar-refractivity contribution in [2.45, 2.75) is 89.6 Å². The van der Waals surface area contributed by atoms with E-state index in [1.54, 1.807) is 6.92 Å². The Kier molecular flexibility index (Phi) is 4.17. The fraction of sp³-hybridized carbons (Fsp3) is 0.952. The van der Waals surface area contributed by atoms with E-state index in [1.807, 2.05) is 6.92 Å². The molecule has 0 heterocycles. The summed E-state index contributed by atoms with van der Waals surface area (Å²) in [6.07, 6.45) is 2.50. The van der Waals surface area contributed by atoms with Crippen molar-refractivity contribution in [3.63, 3.8) is 0 Å². The fourth-order valence-electron chi connectivity index (χ4n) is 7.83. The van der Waals surface area contributed by atoms with Gasteiger partial charge in [-0.2, -0.15) is 0 Å². The van der Waals surface area contributed by atoms with E-state index < -0.39 is 23.2 Å². The van der Waals surface area contributed by atoms with Crippen LogP contribution in [0.2, 0.25) is 0 Å². The summed E-state index contributed by atoms with van der Waals surface area (Å²) in [5.74, 6) is 0.779. The van der Waals surface area contributed by atoms with Crippen molar-refractivity contribution in [2.24, 2.45) is 34.5 Å². The van der Waals surface area contributed by atoms with Gasteiger partial charge in [-0.05, 0) is 68.6 Å². The summed E-state index contributed by atoms with van der Waals surface area (Å²) in [7, 11) is 0. The molecule has 148 valence electrons. The van der Waals surface area contributed by atoms with Crippen LogP contribution >= 0.6 is 0 Å². The van der Waals surface area contributed by atoms with Crippen LogP contribution in [0.4, 0.5) is 0 Å². The molecule has 0 aromatic carbocycles. The smallest absolute Gasteiger partial charge is 0.136 e. The molecule has 10 atom stereocenters. The molecule has 4 aliphatic carbocycles. The molecule has 5 heteroatoms. The minimum absolute atomic E-state index is 0.0458. The van der Waals surface area contributed by atoms with E-state index in [0.29, 0.717) is 25.2 Å². The second-order valence-electron chi connectivity index (χ2n) is 10.2. The second-order valence-corrected chi connectivity index (χ2v) is 10.2. The Morgan fingerprint density at radius 1 is 1.08 bits per heavy atom. The SMILES string of the molecule is C[C@H](O)[C@@]1(O)[C@@H](O)C[C@H]2[C@@H]3CC(=O)[C@H]4C[C@H](O)CC[C@]4(C)[C@H]3CC[C@@]21C. The summed E-state index contributed by atoms with van der Waals surface area (Å²) in [6, 6.07) is 0. The van der Waals surface area contributed by atoms with Gasteiger partial charge in [-0.25, -0.2) is 0 Å². The number of rotatable bonds is 1. The fourth-order valence-corrected chi connectivity index (χ4v) is 7.83. The van der Waals surface area contributed by atoms with Crippen molar-refractivity contribution in [1.82, 2.24) is 0 Å². The lowest BCUT2D eigenvalue weighted by Gasteiger charge is -2.61. The zero-order valence-corrected chi connectivity index (χ0v) is 16.2. The van der Waals surface area contributed by atoms with Crippen molar-refractivity contribution < 1.29 is 25.2 Å². The van der Waals surface area contributed by atoms with Crippen LogP contribution in [-0.2, 0) is 4.79 Å². The van der Waals surface area contributed by atoms with E-state index >= 15 is 0 Å². The molecule has 4 saturated carbocycles. The van der Waals surface area contributed by atoms with Gasteiger partial charge >= 0.3 is 0 Å². The number of fused-ring (bicyclic) bond motifs is 5. The maximum absolute atomic E-state index is 13.0. The van der Waals surface area contributed by atoms with Gasteiger partial charge < -0.3 is 20.4 Å². The number of aliphatic hydroxyl groups excluding tert-OH is 3. The molecule has 0 aromatic heterocycles. The number of hydrogen-bond acceptors (Lipinski definition) is 5. The van der Waals surface area contributed by atoms with Crippen LogP contribution in [0, 0.1) is 34.5 Å². The molecule has 4 fully saturated rings. The molecule has 0 amide bonds. The summed E-state index contributed by atoms with van der Waals surface area (Å²) < 4.78 is 0. The monoisotopic (exact) mass is 366 g/mol. The van der Waals surface area contributed by atoms with E-state index in [-0.39, 0.29) is 35.1 Å². The van der Waals surface area contributed by atoms with Crippen molar-refractivity contribution >= 4 is 5.78 Å². The van der Waals surface area contributed by atoms with Crippen LogP contribution in [0.1, 0.15) is 65.7 Å². The topological polar surface area (TPSA) is 98.0 Å². The van der Waals surface area contributed by atoms with Crippen molar-refractivity contribution in [3.8, 4) is 0 Å². The number of aliphatic hydroxyl groups is 4. The molecule has 0 spiro atoms. The van der Waals surface area contributed by atoms with E-state index in [1.165, 1.54) is 0 Å². The number of ketones is 1. The normalized spacial score (nSPS) is 57.9. The molecule has 0 saturated heterocycles. The standard InChI is InChI=1S/C21H34O5/c1-11(22)21(26)18(25)10-15-13-9-17(24)16-8-12(23)4-6-19(16,2)14(13)5-7-20(15,21)3/h11-16,18,22-23,25-26H,4-10H2,1-3H3/t11-,12+,13+,14-,15-,16+,18-,19+,20-,21+/m0/s1. The quantitative estimate of drug-likeness (QED) is 0.566. The number of hydrogen-bond donors (Lipinski definition) is 4. The zero-order chi connectivity index (χ0) is 19.1. The largest absolute Gasteiger partial charge is 0.393 e. The Labute approximate surface area is 155 Å². The first kappa shape index (κ1) is 18.9. The maximum atomic E-state index is 13.0. The highest BCUT2D eigenvalue weighted by Gasteiger charge is 2.69. The highest BCUT2D eigenvalue weighted by Crippen LogP contribution is 2.68. The lowest BCUT2D eigenvalue weighted by Crippen LogP contribution is -2.62. The van der Waals surface area contributed by atoms with Gasteiger partial charge in [0.05, 0.1) is 18.3 Å². The van der Waals surface area contributed by atoms with Crippen LogP contribution in [-0.4, -0.2) is 50.1 Å². The zero-order valence-electron chi connectivity index (χ0n) is 16.2. The molecule has 4 N–H and O–H groups in total. The molecular weight excluding hydrogens is 332 g/mol. The number of carbonyl (C=O) groups excluding carboxylic acids is 1. The minimum atomic E-state index is -1.51. The van der Waals surface area contributed by atoms with Gasteiger partial charge in [-0.1, -0.05) is 13.8 Å². The van der Waals surface area contributed by atoms with Gasteiger partial charge in [0.1, 0.15) is 11.4 Å². The lowest BCUT2D eigenvalue weighted by atomic mass is 9.44. The molecule has 0 unspecified atom stereocenters. The number of Topliss-reactive ketones (excluding diaryl/α,β-unsaturated/α-hetero) is 1. The van der Waals surface area contributed by atoms with E-state index in [2.05, 4.69) is 6.92 Å². The van der Waals surface area contributed by atoms with Gasteiger partial charge in [0.25, 0.3) is 0 Å². The highest BCUT2D eigenvalue weighted by atomic mass is 16.4. The number of carbonyl (C=O) groups is 1. The van der Waals surface area contributed by atoms with Gasteiger partial charge in [-0.3, -0.25) is 4.79 Å². The van der Waals surface area contributed by atoms with Crippen molar-refractivity contribution in [3.05, 3.63) is 0 Å². The molecule has 26 heavy (non-hydrogen) atoms. The van der Waals surface area contributed by atoms with Crippen LogP contribution in [0.5, 0.6) is 0 Å². The van der Waals surface area contributed by atoms with Crippen LogP contribution in [0.3, 0.4) is 0 Å². The first-order chi connectivity index (χ1) is 12.1. The van der Waals surface area contributed by atoms with Crippen LogP contribution in [0.25, 0.3) is 0 Å². The molecule has 4 aliphatic rings. The van der Waals surface area contributed by atoms with Gasteiger partial charge in [0.15, 0.2) is 0 Å². The third-order valence-electron chi connectivity index (χ3n) is 9.36. The molecule has 0 aliphatic heterocycles. The van der Waals surface area contributed by atoms with E-state index in [4.69, 9.17) is 0 Å². The van der Waals surface area contributed by atoms with Crippen LogP contribution in [0.15, 0.2) is 0 Å². The second kappa shape index (κ2) is 5.76. The molecule has 0 radical (unpaired) electrons. The summed E-state index contributed by atoms with van der Waals surface area (Å²) in [5.41, 5.74) is -2.16. The first-order valence-corrected chi connectivity index (χ1v) is 10.3. The molecule has 0 bridgehead atoms. The Balaban J connectivity index is 1.71. The predicted molar refractivity (Wildman–Crippen MR) is 96.1 cm³/mol. The summed E-state index contributed by atoms with van der Waals surface area (Å²) >= 11 is 0. The summed E-state index contributed by atoms with van der Waals surface area (Å²) in [6.45, 7) is 5.79. The van der Waals surface area contributed by atoms with Gasteiger partial charge in [0, 0.05) is 17.8 Å². The highest BCUT2D eigenvalue weighted by molar-refractivity contribution is 5.83. The molecule has 4 rings (SSSR count). The Morgan fingerprint density at radius 2 is 1.77 bits per heavy atom. The lowest BCUT2D eigenvalue weighted by molar-refractivity contribution is -0.207. The van der Waals surface area contributed by atoms with Crippen LogP contribution < -0.4 is 0 Å². The average molecular weight is 366 g/mol. The average Bonchev–Trinajstić information content (AvgIpc) is 2.78. The molecular formula is C21H34O5. The van der Waals surface area contributed by atoms with E-state index in [9.17, 15) is 25.2 Å². The summed E-state index contributed by atoms with van der Waals surface area (Å²) in [5, 5.41) is 42.3. The molecule has 0 aromatic rings. The van der Waals surface area contributed by atoms with Crippen molar-refractivity contribution in [1.29, 1.82) is 0 Å². The van der Waals surface area contributed by atoms with E-state index in [0.717, 1.165) is 25.7 Å². The Bertz CT molecular complexity index is 605.